The molecule has 3 N–H and O–H groups in total. The van der Waals surface area contributed by atoms with Gasteiger partial charge in [0.05, 0.1) is 40.3 Å². The number of carbonyl (C=O) groups excluding carboxylic acids is 2. The Kier molecular flexibility index (Phi) is 8.13. The van der Waals surface area contributed by atoms with E-state index in [2.05, 4.69) is 10.3 Å². The van der Waals surface area contributed by atoms with Crippen molar-refractivity contribution in [2.24, 2.45) is 5.73 Å². The second-order valence-electron chi connectivity index (χ2n) is 11.2. The summed E-state index contributed by atoms with van der Waals surface area (Å²) in [5.74, 6) is -0.441. The maximum atomic E-state index is 14.1. The molecule has 3 heterocycles. The molecule has 1 spiro atoms. The van der Waals surface area contributed by atoms with E-state index in [0.717, 1.165) is 25.8 Å². The summed E-state index contributed by atoms with van der Waals surface area (Å²) in [5.41, 5.74) is 6.97. The Balaban J connectivity index is 1.52. The van der Waals surface area contributed by atoms with Crippen LogP contribution < -0.4 is 22.3 Å². The first-order chi connectivity index (χ1) is 21.6. The average Bonchev–Trinajstić information content (AvgIpc) is 3.52. The number of ether oxygens (including phenoxy) is 2. The van der Waals surface area contributed by atoms with Gasteiger partial charge in [-0.2, -0.15) is 0 Å². The lowest BCUT2D eigenvalue weighted by molar-refractivity contribution is -0.121. The van der Waals surface area contributed by atoms with Crippen LogP contribution in [0, 0.1) is 0 Å². The number of rotatable bonds is 9. The van der Waals surface area contributed by atoms with Crippen LogP contribution in [0.5, 0.6) is 0 Å². The van der Waals surface area contributed by atoms with E-state index in [1.54, 1.807) is 42.6 Å². The van der Waals surface area contributed by atoms with Crippen molar-refractivity contribution in [3.63, 3.8) is 0 Å². The van der Waals surface area contributed by atoms with Gasteiger partial charge in [0, 0.05) is 37.7 Å². The fourth-order valence-electron chi connectivity index (χ4n) is 6.50. The third-order valence-corrected chi connectivity index (χ3v) is 9.36. The maximum absolute atomic E-state index is 14.1. The molecule has 45 heavy (non-hydrogen) atoms. The molecule has 4 aromatic rings. The Bertz CT molecular complexity index is 1970. The van der Waals surface area contributed by atoms with E-state index in [1.807, 2.05) is 12.1 Å². The number of carbonyl (C=O) groups is 2. The highest BCUT2D eigenvalue weighted by Crippen LogP contribution is 2.47. The van der Waals surface area contributed by atoms with Gasteiger partial charge < -0.3 is 20.5 Å². The second-order valence-corrected chi connectivity index (χ2v) is 12.0. The number of hydrogen-bond donors (Lipinski definition) is 2. The Hall–Kier alpha value is -4.29. The molecule has 0 radical (unpaired) electrons. The minimum atomic E-state index is -1.32. The first kappa shape index (κ1) is 30.7. The maximum Gasteiger partial charge on any atom is 0.332 e. The third kappa shape index (κ3) is 5.05. The number of nitrogens with two attached hydrogens (primary N) is 1. The molecule has 2 aromatic carbocycles. The van der Waals surface area contributed by atoms with Crippen LogP contribution in [0.1, 0.15) is 34.3 Å². The third-order valence-electron chi connectivity index (χ3n) is 8.54. The van der Waals surface area contributed by atoms with Gasteiger partial charge >= 0.3 is 5.69 Å². The van der Waals surface area contributed by atoms with Crippen molar-refractivity contribution in [3.8, 4) is 11.1 Å². The van der Waals surface area contributed by atoms with Gasteiger partial charge in [0.1, 0.15) is 11.9 Å². The molecule has 11 nitrogen and oxygen atoms in total. The van der Waals surface area contributed by atoms with Crippen molar-refractivity contribution in [3.05, 3.63) is 114 Å². The van der Waals surface area contributed by atoms with Crippen LogP contribution in [0.4, 0.5) is 5.82 Å². The number of benzene rings is 2. The van der Waals surface area contributed by atoms with Gasteiger partial charge in [-0.05, 0) is 41.7 Å². The SMILES string of the molecule is COCC(COC)n1c(=O)c(-c2cccc(Cl)c2Cl)cn(C(C(N)=O)c2ccc3c(c2)C[C@@]2(C3)C(=O)Nc3ncccc32)c1=O. The number of halogens is 2. The Morgan fingerprint density at radius 2 is 1.76 bits per heavy atom. The molecule has 232 valence electrons. The van der Waals surface area contributed by atoms with Crippen LogP contribution in [-0.4, -0.2) is 53.4 Å². The number of nitrogens with zero attached hydrogens (tertiary/aromatic N) is 3. The molecular weight excluding hydrogens is 621 g/mol. The zero-order valence-electron chi connectivity index (χ0n) is 24.4. The molecule has 2 amide bonds. The summed E-state index contributed by atoms with van der Waals surface area (Å²) >= 11 is 12.8. The Morgan fingerprint density at radius 3 is 2.47 bits per heavy atom. The number of fused-ring (bicyclic) bond motifs is 3. The predicted molar refractivity (Wildman–Crippen MR) is 169 cm³/mol. The van der Waals surface area contributed by atoms with Crippen molar-refractivity contribution >= 4 is 40.8 Å². The van der Waals surface area contributed by atoms with Crippen molar-refractivity contribution in [2.45, 2.75) is 30.3 Å². The molecule has 0 bridgehead atoms. The van der Waals surface area contributed by atoms with Gasteiger partial charge in [-0.15, -0.1) is 0 Å². The number of primary amides is 1. The second kappa shape index (κ2) is 11.9. The molecule has 1 aliphatic heterocycles. The van der Waals surface area contributed by atoms with Crippen molar-refractivity contribution < 1.29 is 19.1 Å². The molecule has 1 unspecified atom stereocenters. The molecule has 2 aromatic heterocycles. The first-order valence-corrected chi connectivity index (χ1v) is 14.8. The van der Waals surface area contributed by atoms with Gasteiger partial charge in [-0.25, -0.2) is 9.78 Å². The number of anilines is 1. The van der Waals surface area contributed by atoms with Gasteiger partial charge in [0.2, 0.25) is 11.8 Å². The molecule has 0 fully saturated rings. The summed E-state index contributed by atoms with van der Waals surface area (Å²) in [5, 5.41) is 3.19. The van der Waals surface area contributed by atoms with Gasteiger partial charge in [0.15, 0.2) is 0 Å². The average molecular weight is 651 g/mol. The summed E-state index contributed by atoms with van der Waals surface area (Å²) in [6, 6.07) is 11.7. The molecule has 6 rings (SSSR count). The summed E-state index contributed by atoms with van der Waals surface area (Å²) < 4.78 is 12.7. The smallest absolute Gasteiger partial charge is 0.332 e. The number of methoxy groups -OCH3 is 2. The van der Waals surface area contributed by atoms with Gasteiger partial charge in [0.25, 0.3) is 5.56 Å². The fraction of sp³-hybridized carbons (Fsp3) is 0.281. The minimum absolute atomic E-state index is 0.0254. The number of nitrogens with one attached hydrogen (secondary N) is 1. The standard InChI is InChI=1S/C32H29Cl2N5O6/c1-44-15-20(16-45-2)39-29(41)22(21-5-3-7-24(33)25(21)34)14-38(31(39)43)26(27(35)40)17-8-9-18-12-32(13-19(18)11-17)23-6-4-10-36-28(23)37-30(32)42/h3-11,14,20,26H,12-13,15-16H2,1-2H3,(H2,35,40)(H,36,37,42)/t26?,32-/m1/s1. The largest absolute Gasteiger partial charge is 0.382 e. The highest BCUT2D eigenvalue weighted by Gasteiger charge is 2.51. The molecule has 13 heteroatoms. The zero-order valence-corrected chi connectivity index (χ0v) is 25.9. The first-order valence-electron chi connectivity index (χ1n) is 14.1. The highest BCUT2D eigenvalue weighted by molar-refractivity contribution is 6.43. The van der Waals surface area contributed by atoms with Crippen molar-refractivity contribution in [2.75, 3.05) is 32.8 Å². The monoisotopic (exact) mass is 649 g/mol. The number of aromatic nitrogens is 3. The zero-order chi connectivity index (χ0) is 32.0. The summed E-state index contributed by atoms with van der Waals surface area (Å²) in [7, 11) is 2.87. The minimum Gasteiger partial charge on any atom is -0.382 e. The lowest BCUT2D eigenvalue weighted by atomic mass is 9.79. The molecule has 0 saturated carbocycles. The van der Waals surface area contributed by atoms with Gasteiger partial charge in [-0.3, -0.25) is 23.5 Å². The summed E-state index contributed by atoms with van der Waals surface area (Å²) in [6.45, 7) is -0.0629. The van der Waals surface area contributed by atoms with Crippen LogP contribution in [-0.2, 0) is 37.3 Å². The van der Waals surface area contributed by atoms with E-state index >= 15 is 0 Å². The fourth-order valence-corrected chi connectivity index (χ4v) is 6.90. The number of pyridine rings is 1. The van der Waals surface area contributed by atoms with E-state index in [4.69, 9.17) is 38.4 Å². The molecule has 0 saturated heterocycles. The number of hydrogen-bond acceptors (Lipinski definition) is 7. The van der Waals surface area contributed by atoms with E-state index < -0.39 is 34.7 Å². The topological polar surface area (TPSA) is 148 Å². The Morgan fingerprint density at radius 1 is 1.02 bits per heavy atom. The normalized spacial score (nSPS) is 17.4. The van der Waals surface area contributed by atoms with Crippen LogP contribution in [0.2, 0.25) is 10.0 Å². The van der Waals surface area contributed by atoms with Crippen molar-refractivity contribution in [1.82, 2.24) is 14.1 Å². The summed E-state index contributed by atoms with van der Waals surface area (Å²) in [6.07, 6.45) is 3.73. The van der Waals surface area contributed by atoms with E-state index in [-0.39, 0.29) is 40.3 Å². The lowest BCUT2D eigenvalue weighted by Gasteiger charge is -2.24. The van der Waals surface area contributed by atoms with Crippen molar-refractivity contribution in [1.29, 1.82) is 0 Å². The van der Waals surface area contributed by atoms with E-state index in [0.29, 0.717) is 24.2 Å². The quantitative estimate of drug-likeness (QED) is 0.283. The van der Waals surface area contributed by atoms with Crippen LogP contribution in [0.15, 0.2) is 70.5 Å². The van der Waals surface area contributed by atoms with Gasteiger partial charge in [-0.1, -0.05) is 59.6 Å². The summed E-state index contributed by atoms with van der Waals surface area (Å²) in [4.78, 5) is 58.8. The Labute approximate surface area is 267 Å². The molecule has 1 aliphatic carbocycles. The lowest BCUT2D eigenvalue weighted by Crippen LogP contribution is -2.47. The predicted octanol–water partition coefficient (Wildman–Crippen LogP) is 3.28. The highest BCUT2D eigenvalue weighted by atomic mass is 35.5. The van der Waals surface area contributed by atoms with Crippen LogP contribution in [0.3, 0.4) is 0 Å². The number of amides is 2. The molecule has 2 aliphatic rings. The van der Waals surface area contributed by atoms with E-state index in [1.165, 1.54) is 20.4 Å². The molecular formula is C32H29Cl2N5O6. The molecule has 2 atom stereocenters. The van der Waals surface area contributed by atoms with Crippen LogP contribution in [0.25, 0.3) is 11.1 Å². The van der Waals surface area contributed by atoms with Crippen LogP contribution >= 0.6 is 23.2 Å². The van der Waals surface area contributed by atoms with E-state index in [9.17, 15) is 19.2 Å².